The van der Waals surface area contributed by atoms with Gasteiger partial charge in [-0.25, -0.2) is 4.79 Å². The van der Waals surface area contributed by atoms with Crippen molar-refractivity contribution in [1.82, 2.24) is 20.4 Å². The topological polar surface area (TPSA) is 119 Å². The fraction of sp³-hybridized carbons (Fsp3) is 0.565. The first kappa shape index (κ1) is 24.7. The Morgan fingerprint density at radius 3 is 2.74 bits per heavy atom. The van der Waals surface area contributed by atoms with E-state index >= 15 is 0 Å². The minimum absolute atomic E-state index is 0.00110. The number of fused-ring (bicyclic) bond motifs is 1. The van der Waals surface area contributed by atoms with Gasteiger partial charge in [-0.2, -0.15) is 0 Å². The fourth-order valence-corrected chi connectivity index (χ4v) is 7.32. The Hall–Kier alpha value is -2.37. The molecule has 184 valence electrons. The lowest BCUT2D eigenvalue weighted by Gasteiger charge is -2.47. The van der Waals surface area contributed by atoms with Crippen LogP contribution in [0.25, 0.3) is 0 Å². The van der Waals surface area contributed by atoms with Gasteiger partial charge in [-0.05, 0) is 24.8 Å². The molecule has 0 aromatic carbocycles. The van der Waals surface area contributed by atoms with Gasteiger partial charge in [0.1, 0.15) is 5.70 Å². The van der Waals surface area contributed by atoms with Gasteiger partial charge in [0, 0.05) is 47.6 Å². The number of thiophene rings is 1. The average Bonchev–Trinajstić information content (AvgIpc) is 3.48. The third kappa shape index (κ3) is 4.48. The number of nitrogens with zero attached hydrogens (tertiary/aromatic N) is 2. The summed E-state index contributed by atoms with van der Waals surface area (Å²) >= 11 is 2.96. The monoisotopic (exact) mass is 506 g/mol. The number of rotatable bonds is 8. The number of nitrogens with one attached hydrogen (secondary N) is 2. The van der Waals surface area contributed by atoms with E-state index in [0.717, 1.165) is 4.88 Å². The summed E-state index contributed by atoms with van der Waals surface area (Å²) in [5, 5.41) is 18.0. The summed E-state index contributed by atoms with van der Waals surface area (Å²) in [4.78, 5) is 54.5. The Morgan fingerprint density at radius 2 is 2.12 bits per heavy atom. The van der Waals surface area contributed by atoms with Crippen molar-refractivity contribution in [2.75, 3.05) is 20.6 Å². The maximum Gasteiger partial charge on any atom is 0.353 e. The zero-order valence-corrected chi connectivity index (χ0v) is 21.2. The van der Waals surface area contributed by atoms with E-state index < -0.39 is 17.9 Å². The fourth-order valence-electron chi connectivity index (χ4n) is 5.14. The van der Waals surface area contributed by atoms with E-state index in [0.29, 0.717) is 17.9 Å². The molecule has 1 aromatic heterocycles. The largest absolute Gasteiger partial charge is 0.477 e. The van der Waals surface area contributed by atoms with Crippen LogP contribution in [-0.4, -0.2) is 82.6 Å². The molecule has 34 heavy (non-hydrogen) atoms. The van der Waals surface area contributed by atoms with Crippen LogP contribution in [0.15, 0.2) is 28.1 Å². The van der Waals surface area contributed by atoms with E-state index in [4.69, 9.17) is 0 Å². The standard InChI is InChI=1S/C23H30N4O5S2/c1-11-18-17(12(2)25-16(28)9-13-6-5-7-33-13)22(30)27(18)19(23(31)32)20(11)34-14-8-15(24-10-14)21(29)26(3)4/h5-7,11-12,14-15,17-18,24H,8-10H2,1-4H3,(H,25,28)(H,31,32)/t11-,12?,14+,15+,17-,18-/m1/s1. The minimum atomic E-state index is -1.12. The number of hydrogen-bond donors (Lipinski definition) is 3. The van der Waals surface area contributed by atoms with Crippen molar-refractivity contribution in [2.45, 2.75) is 50.1 Å². The molecule has 0 saturated carbocycles. The Labute approximate surface area is 206 Å². The van der Waals surface area contributed by atoms with Crippen LogP contribution < -0.4 is 10.6 Å². The molecule has 2 saturated heterocycles. The molecule has 3 aliphatic rings. The number of β-lactam (4-membered cyclic amide) rings is 1. The van der Waals surface area contributed by atoms with Gasteiger partial charge < -0.3 is 25.5 Å². The number of carbonyl (C=O) groups excluding carboxylic acids is 3. The molecule has 4 rings (SSSR count). The Kier molecular flexibility index (Phi) is 7.07. The molecule has 0 spiro atoms. The molecule has 3 N–H and O–H groups in total. The Bertz CT molecular complexity index is 1020. The van der Waals surface area contributed by atoms with E-state index in [1.807, 2.05) is 31.4 Å². The summed E-state index contributed by atoms with van der Waals surface area (Å²) in [6.45, 7) is 4.35. The van der Waals surface area contributed by atoms with Crippen LogP contribution >= 0.6 is 23.1 Å². The number of carboxylic acid groups (broad SMARTS) is 1. The highest BCUT2D eigenvalue weighted by molar-refractivity contribution is 8.03. The number of amides is 3. The molecule has 1 unspecified atom stereocenters. The van der Waals surface area contributed by atoms with Gasteiger partial charge in [0.15, 0.2) is 0 Å². The maximum atomic E-state index is 13.1. The van der Waals surface area contributed by atoms with Gasteiger partial charge in [-0.3, -0.25) is 14.4 Å². The predicted molar refractivity (Wildman–Crippen MR) is 130 cm³/mol. The van der Waals surface area contributed by atoms with Crippen LogP contribution in [-0.2, 0) is 25.6 Å². The minimum Gasteiger partial charge on any atom is -0.477 e. The molecule has 3 aliphatic heterocycles. The molecular weight excluding hydrogens is 476 g/mol. The maximum absolute atomic E-state index is 13.1. The molecule has 0 radical (unpaired) electrons. The molecule has 3 amide bonds. The van der Waals surface area contributed by atoms with Crippen LogP contribution in [0.5, 0.6) is 0 Å². The third-order valence-electron chi connectivity index (χ3n) is 6.76. The SMILES string of the molecule is CC(NC(=O)Cc1cccs1)[C@H]1C(=O)N2C(C(=O)O)=C(S[C@@H]3CN[C@H](C(=O)N(C)C)C3)[C@H](C)[C@H]12. The van der Waals surface area contributed by atoms with E-state index in [1.54, 1.807) is 19.0 Å². The van der Waals surface area contributed by atoms with Crippen molar-refractivity contribution in [3.63, 3.8) is 0 Å². The van der Waals surface area contributed by atoms with Crippen LogP contribution in [0.2, 0.25) is 0 Å². The molecule has 2 fully saturated rings. The predicted octanol–water partition coefficient (Wildman–Crippen LogP) is 1.12. The van der Waals surface area contributed by atoms with Gasteiger partial charge in [-0.15, -0.1) is 23.1 Å². The second kappa shape index (κ2) is 9.71. The van der Waals surface area contributed by atoms with Crippen molar-refractivity contribution < 1.29 is 24.3 Å². The van der Waals surface area contributed by atoms with Gasteiger partial charge in [0.2, 0.25) is 17.7 Å². The highest BCUT2D eigenvalue weighted by Gasteiger charge is 2.60. The molecular formula is C23H30N4O5S2. The lowest BCUT2D eigenvalue weighted by Crippen LogP contribution is -2.66. The van der Waals surface area contributed by atoms with Crippen LogP contribution in [0.3, 0.4) is 0 Å². The third-order valence-corrected chi connectivity index (χ3v) is 9.14. The highest BCUT2D eigenvalue weighted by atomic mass is 32.2. The molecule has 0 aliphatic carbocycles. The summed E-state index contributed by atoms with van der Waals surface area (Å²) in [5.74, 6) is -2.18. The van der Waals surface area contributed by atoms with Gasteiger partial charge >= 0.3 is 5.97 Å². The Morgan fingerprint density at radius 1 is 1.38 bits per heavy atom. The summed E-state index contributed by atoms with van der Waals surface area (Å²) in [7, 11) is 3.43. The number of carbonyl (C=O) groups is 4. The van der Waals surface area contributed by atoms with Crippen molar-refractivity contribution in [3.8, 4) is 0 Å². The summed E-state index contributed by atoms with van der Waals surface area (Å²) in [5.41, 5.74) is 0.0447. The lowest BCUT2D eigenvalue weighted by atomic mass is 9.78. The van der Waals surface area contributed by atoms with Crippen molar-refractivity contribution in [3.05, 3.63) is 33.0 Å². The van der Waals surface area contributed by atoms with Gasteiger partial charge in [0.05, 0.1) is 24.4 Å². The smallest absolute Gasteiger partial charge is 0.353 e. The number of likely N-dealkylation sites (N-methyl/N-ethyl adjacent to an activating group) is 1. The summed E-state index contributed by atoms with van der Waals surface area (Å²) in [6, 6.07) is 2.79. The van der Waals surface area contributed by atoms with Crippen molar-refractivity contribution >= 4 is 46.8 Å². The zero-order valence-electron chi connectivity index (χ0n) is 19.6. The first-order chi connectivity index (χ1) is 16.1. The van der Waals surface area contributed by atoms with Crippen LogP contribution in [0.4, 0.5) is 0 Å². The van der Waals surface area contributed by atoms with Crippen molar-refractivity contribution in [2.24, 2.45) is 11.8 Å². The molecule has 9 nitrogen and oxygen atoms in total. The molecule has 4 heterocycles. The lowest BCUT2D eigenvalue weighted by molar-refractivity contribution is -0.158. The molecule has 6 atom stereocenters. The van der Waals surface area contributed by atoms with Crippen LogP contribution in [0, 0.1) is 11.8 Å². The quantitative estimate of drug-likeness (QED) is 0.452. The van der Waals surface area contributed by atoms with Crippen molar-refractivity contribution in [1.29, 1.82) is 0 Å². The number of aliphatic carboxylic acids is 1. The second-order valence-electron chi connectivity index (χ2n) is 9.31. The normalized spacial score (nSPS) is 29.0. The van der Waals surface area contributed by atoms with E-state index in [-0.39, 0.29) is 53.1 Å². The van der Waals surface area contributed by atoms with E-state index in [9.17, 15) is 24.3 Å². The first-order valence-corrected chi connectivity index (χ1v) is 13.1. The number of carboxylic acids is 1. The van der Waals surface area contributed by atoms with E-state index in [1.165, 1.54) is 28.0 Å². The molecule has 1 aromatic rings. The molecule has 0 bridgehead atoms. The average molecular weight is 507 g/mol. The highest BCUT2D eigenvalue weighted by Crippen LogP contribution is 2.51. The second-order valence-corrected chi connectivity index (χ2v) is 11.7. The number of hydrogen-bond acceptors (Lipinski definition) is 7. The van der Waals surface area contributed by atoms with Gasteiger partial charge in [-0.1, -0.05) is 13.0 Å². The number of thioether (sulfide) groups is 1. The van der Waals surface area contributed by atoms with Gasteiger partial charge in [0.25, 0.3) is 0 Å². The summed E-state index contributed by atoms with van der Waals surface area (Å²) < 4.78 is 0. The zero-order chi connectivity index (χ0) is 24.7. The molecule has 11 heteroatoms. The Balaban J connectivity index is 1.44. The van der Waals surface area contributed by atoms with Crippen LogP contribution in [0.1, 0.15) is 25.1 Å². The summed E-state index contributed by atoms with van der Waals surface area (Å²) in [6.07, 6.45) is 0.857. The van der Waals surface area contributed by atoms with E-state index in [2.05, 4.69) is 10.6 Å². The first-order valence-electron chi connectivity index (χ1n) is 11.3.